The molecule has 0 aromatic carbocycles. The van der Waals surface area contributed by atoms with Crippen molar-refractivity contribution < 1.29 is 18.0 Å². The molecule has 1 amide bonds. The van der Waals surface area contributed by atoms with E-state index in [-0.39, 0.29) is 6.54 Å². The zero-order valence-electron chi connectivity index (χ0n) is 7.68. The predicted molar refractivity (Wildman–Crippen MR) is 44.5 cm³/mol. The molecule has 0 aromatic heterocycles. The van der Waals surface area contributed by atoms with Crippen molar-refractivity contribution in [1.82, 2.24) is 4.90 Å². The standard InChI is InChI=1S/C8H13F3N2O/c9-8(10,11)3-5-13-4-1-2-6(13)7(12)14/h6H,1-5H2,(H2,12,14). The van der Waals surface area contributed by atoms with Crippen LogP contribution in [-0.4, -0.2) is 36.1 Å². The molecular weight excluding hydrogens is 197 g/mol. The highest BCUT2D eigenvalue weighted by atomic mass is 19.4. The second-order valence-corrected chi connectivity index (χ2v) is 3.46. The van der Waals surface area contributed by atoms with E-state index >= 15 is 0 Å². The van der Waals surface area contributed by atoms with Crippen LogP contribution in [0.3, 0.4) is 0 Å². The van der Waals surface area contributed by atoms with Gasteiger partial charge < -0.3 is 5.73 Å². The summed E-state index contributed by atoms with van der Waals surface area (Å²) in [5, 5.41) is 0. The summed E-state index contributed by atoms with van der Waals surface area (Å²) in [6, 6.07) is -0.502. The van der Waals surface area contributed by atoms with Crippen LogP contribution < -0.4 is 5.73 Å². The van der Waals surface area contributed by atoms with Gasteiger partial charge in [-0.25, -0.2) is 0 Å². The number of hydrogen-bond acceptors (Lipinski definition) is 2. The van der Waals surface area contributed by atoms with E-state index in [9.17, 15) is 18.0 Å². The van der Waals surface area contributed by atoms with Crippen molar-refractivity contribution in [2.75, 3.05) is 13.1 Å². The van der Waals surface area contributed by atoms with Gasteiger partial charge in [-0.3, -0.25) is 9.69 Å². The van der Waals surface area contributed by atoms with E-state index in [1.807, 2.05) is 0 Å². The summed E-state index contributed by atoms with van der Waals surface area (Å²) in [4.78, 5) is 12.3. The van der Waals surface area contributed by atoms with E-state index in [4.69, 9.17) is 5.73 Å². The second kappa shape index (κ2) is 4.16. The molecule has 1 saturated heterocycles. The first kappa shape index (κ1) is 11.3. The maximum atomic E-state index is 11.9. The normalized spacial score (nSPS) is 24.1. The number of halogens is 3. The summed E-state index contributed by atoms with van der Waals surface area (Å²) in [6.45, 7) is 0.404. The number of likely N-dealkylation sites (tertiary alicyclic amines) is 1. The Balaban J connectivity index is 2.40. The van der Waals surface area contributed by atoms with Crippen LogP contribution >= 0.6 is 0 Å². The van der Waals surface area contributed by atoms with Gasteiger partial charge in [0.05, 0.1) is 12.5 Å². The maximum absolute atomic E-state index is 11.9. The molecule has 14 heavy (non-hydrogen) atoms. The molecule has 1 atom stereocenters. The van der Waals surface area contributed by atoms with Crippen LogP contribution in [0, 0.1) is 0 Å². The van der Waals surface area contributed by atoms with E-state index in [0.717, 1.165) is 6.42 Å². The van der Waals surface area contributed by atoms with Crippen molar-refractivity contribution in [3.63, 3.8) is 0 Å². The third-order valence-electron chi connectivity index (χ3n) is 2.37. The van der Waals surface area contributed by atoms with Crippen molar-refractivity contribution in [3.8, 4) is 0 Å². The van der Waals surface area contributed by atoms with Crippen LogP contribution in [0.15, 0.2) is 0 Å². The Labute approximate surface area is 80.0 Å². The minimum absolute atomic E-state index is 0.128. The molecule has 0 spiro atoms. The minimum atomic E-state index is -4.16. The average molecular weight is 210 g/mol. The number of nitrogens with zero attached hydrogens (tertiary/aromatic N) is 1. The molecule has 0 saturated carbocycles. The predicted octanol–water partition coefficient (Wildman–Crippen LogP) is 0.889. The molecule has 1 aliphatic heterocycles. The second-order valence-electron chi connectivity index (χ2n) is 3.46. The molecule has 1 rings (SSSR count). The fourth-order valence-corrected chi connectivity index (χ4v) is 1.69. The van der Waals surface area contributed by atoms with Crippen LogP contribution in [-0.2, 0) is 4.79 Å². The van der Waals surface area contributed by atoms with Crippen molar-refractivity contribution in [2.45, 2.75) is 31.5 Å². The number of nitrogens with two attached hydrogens (primary N) is 1. The van der Waals surface area contributed by atoms with Gasteiger partial charge in [-0.2, -0.15) is 13.2 Å². The summed E-state index contributed by atoms with van der Waals surface area (Å²) < 4.78 is 35.7. The van der Waals surface area contributed by atoms with Gasteiger partial charge in [0.15, 0.2) is 0 Å². The van der Waals surface area contributed by atoms with Crippen molar-refractivity contribution >= 4 is 5.91 Å². The summed E-state index contributed by atoms with van der Waals surface area (Å²) in [5.74, 6) is -0.523. The van der Waals surface area contributed by atoms with E-state index in [0.29, 0.717) is 13.0 Å². The molecule has 3 nitrogen and oxygen atoms in total. The Bertz CT molecular complexity index is 217. The summed E-state index contributed by atoms with van der Waals surface area (Å²) in [5.41, 5.74) is 5.07. The maximum Gasteiger partial charge on any atom is 0.390 e. The Kier molecular flexibility index (Phi) is 3.36. The topological polar surface area (TPSA) is 46.3 Å². The van der Waals surface area contributed by atoms with E-state index < -0.39 is 24.5 Å². The lowest BCUT2D eigenvalue weighted by molar-refractivity contribution is -0.140. The fraction of sp³-hybridized carbons (Fsp3) is 0.875. The van der Waals surface area contributed by atoms with Crippen LogP contribution in [0.1, 0.15) is 19.3 Å². The SMILES string of the molecule is NC(=O)C1CCCN1CCC(F)(F)F. The molecule has 6 heteroatoms. The first-order chi connectivity index (χ1) is 6.40. The lowest BCUT2D eigenvalue weighted by Gasteiger charge is -2.22. The lowest BCUT2D eigenvalue weighted by atomic mass is 10.2. The zero-order chi connectivity index (χ0) is 10.8. The Morgan fingerprint density at radius 2 is 2.14 bits per heavy atom. The van der Waals surface area contributed by atoms with Gasteiger partial charge >= 0.3 is 6.18 Å². The first-order valence-corrected chi connectivity index (χ1v) is 4.50. The monoisotopic (exact) mass is 210 g/mol. The smallest absolute Gasteiger partial charge is 0.368 e. The first-order valence-electron chi connectivity index (χ1n) is 4.50. The molecule has 82 valence electrons. The minimum Gasteiger partial charge on any atom is -0.368 e. The van der Waals surface area contributed by atoms with Gasteiger partial charge in [0, 0.05) is 6.54 Å². The molecule has 1 unspecified atom stereocenters. The number of alkyl halides is 3. The van der Waals surface area contributed by atoms with E-state index in [1.165, 1.54) is 4.90 Å². The summed E-state index contributed by atoms with van der Waals surface area (Å²) in [7, 11) is 0. The summed E-state index contributed by atoms with van der Waals surface area (Å²) >= 11 is 0. The van der Waals surface area contributed by atoms with Gasteiger partial charge in [-0.1, -0.05) is 0 Å². The molecule has 1 fully saturated rings. The molecule has 2 N–H and O–H groups in total. The highest BCUT2D eigenvalue weighted by molar-refractivity contribution is 5.80. The molecule has 0 bridgehead atoms. The third-order valence-corrected chi connectivity index (χ3v) is 2.37. The largest absolute Gasteiger partial charge is 0.390 e. The van der Waals surface area contributed by atoms with Gasteiger partial charge in [0.1, 0.15) is 0 Å². The Morgan fingerprint density at radius 1 is 1.50 bits per heavy atom. The molecule has 1 aliphatic rings. The molecular formula is C8H13F3N2O. The Morgan fingerprint density at radius 3 is 2.64 bits per heavy atom. The highest BCUT2D eigenvalue weighted by Gasteiger charge is 2.33. The van der Waals surface area contributed by atoms with Crippen LogP contribution in [0.4, 0.5) is 13.2 Å². The van der Waals surface area contributed by atoms with E-state index in [2.05, 4.69) is 0 Å². The highest BCUT2D eigenvalue weighted by Crippen LogP contribution is 2.23. The van der Waals surface area contributed by atoms with Crippen LogP contribution in [0.2, 0.25) is 0 Å². The average Bonchev–Trinajstić information content (AvgIpc) is 2.46. The van der Waals surface area contributed by atoms with Crippen molar-refractivity contribution in [1.29, 1.82) is 0 Å². The lowest BCUT2D eigenvalue weighted by Crippen LogP contribution is -2.41. The number of primary amides is 1. The van der Waals surface area contributed by atoms with Crippen molar-refractivity contribution in [2.24, 2.45) is 5.73 Å². The number of amides is 1. The van der Waals surface area contributed by atoms with Gasteiger partial charge in [-0.15, -0.1) is 0 Å². The number of rotatable bonds is 3. The quantitative estimate of drug-likeness (QED) is 0.751. The van der Waals surface area contributed by atoms with Crippen LogP contribution in [0.25, 0.3) is 0 Å². The third kappa shape index (κ3) is 3.17. The fourth-order valence-electron chi connectivity index (χ4n) is 1.69. The molecule has 1 heterocycles. The summed E-state index contributed by atoms with van der Waals surface area (Å²) in [6.07, 6.45) is -3.72. The number of carbonyl (C=O) groups excluding carboxylic acids is 1. The zero-order valence-corrected chi connectivity index (χ0v) is 7.68. The van der Waals surface area contributed by atoms with E-state index in [1.54, 1.807) is 0 Å². The molecule has 0 radical (unpaired) electrons. The van der Waals surface area contributed by atoms with Gasteiger partial charge in [0.2, 0.25) is 5.91 Å². The number of carbonyl (C=O) groups is 1. The number of hydrogen-bond donors (Lipinski definition) is 1. The molecule has 0 aromatic rings. The molecule has 0 aliphatic carbocycles. The Hall–Kier alpha value is -0.780. The van der Waals surface area contributed by atoms with Crippen molar-refractivity contribution in [3.05, 3.63) is 0 Å². The van der Waals surface area contributed by atoms with Gasteiger partial charge in [0.25, 0.3) is 0 Å². The van der Waals surface area contributed by atoms with Crippen LogP contribution in [0.5, 0.6) is 0 Å². The van der Waals surface area contributed by atoms with Gasteiger partial charge in [-0.05, 0) is 19.4 Å².